The van der Waals surface area contributed by atoms with Crippen LogP contribution >= 0.6 is 0 Å². The molecule has 2 N–H and O–H groups in total. The molecule has 27 heavy (non-hydrogen) atoms. The maximum Gasteiger partial charge on any atom is 0.251 e. The Morgan fingerprint density at radius 1 is 1.04 bits per heavy atom. The summed E-state index contributed by atoms with van der Waals surface area (Å²) in [5, 5.41) is 5.70. The third kappa shape index (κ3) is 5.48. The second-order valence-electron chi connectivity index (χ2n) is 6.12. The molecule has 6 heteroatoms. The third-order valence-electron chi connectivity index (χ3n) is 4.26. The molecule has 0 saturated heterocycles. The first-order valence-corrected chi connectivity index (χ1v) is 8.88. The molecule has 0 unspecified atom stereocenters. The molecule has 0 bridgehead atoms. The summed E-state index contributed by atoms with van der Waals surface area (Å²) < 4.78 is 10.3. The summed E-state index contributed by atoms with van der Waals surface area (Å²) in [5.41, 5.74) is 3.39. The molecule has 2 amide bonds. The summed E-state index contributed by atoms with van der Waals surface area (Å²) in [6, 6.07) is 10.9. The van der Waals surface area contributed by atoms with Crippen LogP contribution in [0.15, 0.2) is 36.4 Å². The molecular weight excluding hydrogens is 344 g/mol. The molecule has 0 aliphatic heterocycles. The van der Waals surface area contributed by atoms with Gasteiger partial charge in [0.25, 0.3) is 5.91 Å². The van der Waals surface area contributed by atoms with Crippen molar-refractivity contribution in [3.63, 3.8) is 0 Å². The van der Waals surface area contributed by atoms with E-state index in [-0.39, 0.29) is 24.8 Å². The topological polar surface area (TPSA) is 76.7 Å². The summed E-state index contributed by atoms with van der Waals surface area (Å²) in [5.74, 6) is 0.639. The summed E-state index contributed by atoms with van der Waals surface area (Å²) in [6.07, 6.45) is 1.02. The lowest BCUT2D eigenvalue weighted by Gasteiger charge is -2.13. The summed E-state index contributed by atoms with van der Waals surface area (Å²) in [4.78, 5) is 24.6. The zero-order valence-corrected chi connectivity index (χ0v) is 16.2. The van der Waals surface area contributed by atoms with Crippen LogP contribution < -0.4 is 20.1 Å². The summed E-state index contributed by atoms with van der Waals surface area (Å²) >= 11 is 0. The molecule has 0 saturated carbocycles. The lowest BCUT2D eigenvalue weighted by Crippen LogP contribution is -2.28. The van der Waals surface area contributed by atoms with Crippen molar-refractivity contribution < 1.29 is 19.1 Å². The highest BCUT2D eigenvalue weighted by Gasteiger charge is 2.12. The molecule has 2 rings (SSSR count). The van der Waals surface area contributed by atoms with Gasteiger partial charge in [-0.1, -0.05) is 25.1 Å². The lowest BCUT2D eigenvalue weighted by atomic mass is 10.1. The highest BCUT2D eigenvalue weighted by Crippen LogP contribution is 2.23. The van der Waals surface area contributed by atoms with Gasteiger partial charge in [0, 0.05) is 30.3 Å². The van der Waals surface area contributed by atoms with Crippen molar-refractivity contribution in [2.75, 3.05) is 26.1 Å². The smallest absolute Gasteiger partial charge is 0.251 e. The molecule has 0 aliphatic carbocycles. The van der Waals surface area contributed by atoms with Crippen LogP contribution in [-0.4, -0.2) is 32.6 Å². The monoisotopic (exact) mass is 370 g/mol. The van der Waals surface area contributed by atoms with E-state index in [9.17, 15) is 9.59 Å². The molecule has 6 nitrogen and oxygen atoms in total. The average Bonchev–Trinajstić information content (AvgIpc) is 2.68. The van der Waals surface area contributed by atoms with E-state index in [1.165, 1.54) is 14.2 Å². The molecule has 0 aromatic heterocycles. The molecule has 0 aliphatic rings. The zero-order chi connectivity index (χ0) is 19.8. The maximum atomic E-state index is 12.3. The first-order valence-electron chi connectivity index (χ1n) is 8.88. The van der Waals surface area contributed by atoms with Crippen LogP contribution in [0, 0.1) is 6.92 Å². The minimum atomic E-state index is -0.287. The van der Waals surface area contributed by atoms with E-state index in [0.29, 0.717) is 17.1 Å². The normalized spacial score (nSPS) is 10.2. The Morgan fingerprint density at radius 2 is 1.70 bits per heavy atom. The highest BCUT2D eigenvalue weighted by atomic mass is 16.5. The van der Waals surface area contributed by atoms with Gasteiger partial charge in [0.15, 0.2) is 0 Å². The van der Waals surface area contributed by atoms with Crippen LogP contribution in [0.25, 0.3) is 0 Å². The van der Waals surface area contributed by atoms with Crippen LogP contribution in [0.4, 0.5) is 5.69 Å². The number of hydrogen-bond donors (Lipinski definition) is 2. The largest absolute Gasteiger partial charge is 0.497 e. The van der Waals surface area contributed by atoms with Crippen LogP contribution in [-0.2, 0) is 11.2 Å². The van der Waals surface area contributed by atoms with Crippen molar-refractivity contribution in [2.45, 2.75) is 26.7 Å². The second-order valence-corrected chi connectivity index (χ2v) is 6.12. The highest BCUT2D eigenvalue weighted by molar-refractivity contribution is 5.96. The predicted octanol–water partition coefficient (Wildman–Crippen LogP) is 3.33. The van der Waals surface area contributed by atoms with E-state index in [0.717, 1.165) is 23.2 Å². The quantitative estimate of drug-likeness (QED) is 0.747. The molecule has 0 radical (unpaired) electrons. The number of carbonyl (C=O) groups excluding carboxylic acids is 2. The summed E-state index contributed by atoms with van der Waals surface area (Å²) in [7, 11) is 3.05. The van der Waals surface area contributed by atoms with E-state index < -0.39 is 0 Å². The van der Waals surface area contributed by atoms with E-state index in [1.807, 2.05) is 32.0 Å². The van der Waals surface area contributed by atoms with Gasteiger partial charge in [-0.2, -0.15) is 0 Å². The SMILES string of the molecule is CCc1cccc(C)c1NC(=O)CCNC(=O)c1cc(OC)cc(OC)c1. The molecule has 0 spiro atoms. The third-order valence-corrected chi connectivity index (χ3v) is 4.26. The minimum Gasteiger partial charge on any atom is -0.497 e. The molecular formula is C21H26N2O4. The van der Waals surface area contributed by atoms with Gasteiger partial charge in [-0.3, -0.25) is 9.59 Å². The molecule has 2 aromatic carbocycles. The number of amides is 2. The Labute approximate surface area is 159 Å². The van der Waals surface area contributed by atoms with Gasteiger partial charge < -0.3 is 20.1 Å². The van der Waals surface area contributed by atoms with Crippen molar-refractivity contribution in [2.24, 2.45) is 0 Å². The van der Waals surface area contributed by atoms with Gasteiger partial charge in [-0.25, -0.2) is 0 Å². The van der Waals surface area contributed by atoms with Crippen LogP contribution in [0.5, 0.6) is 11.5 Å². The van der Waals surface area contributed by atoms with E-state index in [1.54, 1.807) is 18.2 Å². The molecule has 144 valence electrons. The molecule has 0 atom stereocenters. The van der Waals surface area contributed by atoms with Gasteiger partial charge in [0.1, 0.15) is 11.5 Å². The van der Waals surface area contributed by atoms with Gasteiger partial charge in [0.2, 0.25) is 5.91 Å². The first-order chi connectivity index (χ1) is 13.0. The van der Waals surface area contributed by atoms with Crippen molar-refractivity contribution in [1.82, 2.24) is 5.32 Å². The molecule has 0 heterocycles. The van der Waals surface area contributed by atoms with Crippen LogP contribution in [0.3, 0.4) is 0 Å². The second kappa shape index (κ2) is 9.62. The average molecular weight is 370 g/mol. The van der Waals surface area contributed by atoms with Gasteiger partial charge in [0.05, 0.1) is 14.2 Å². The van der Waals surface area contributed by atoms with E-state index in [4.69, 9.17) is 9.47 Å². The van der Waals surface area contributed by atoms with Crippen molar-refractivity contribution in [1.29, 1.82) is 0 Å². The number of ether oxygens (including phenoxy) is 2. The fourth-order valence-corrected chi connectivity index (χ4v) is 2.73. The number of carbonyl (C=O) groups is 2. The minimum absolute atomic E-state index is 0.137. The standard InChI is InChI=1S/C21H26N2O4/c1-5-15-8-6-7-14(2)20(15)23-19(24)9-10-22-21(25)16-11-17(26-3)13-18(12-16)27-4/h6-8,11-13H,5,9-10H2,1-4H3,(H,22,25)(H,23,24). The number of benzene rings is 2. The number of methoxy groups -OCH3 is 2. The Balaban J connectivity index is 1.93. The molecule has 2 aromatic rings. The van der Waals surface area contributed by atoms with Gasteiger partial charge in [-0.15, -0.1) is 0 Å². The van der Waals surface area contributed by atoms with Gasteiger partial charge >= 0.3 is 0 Å². The Bertz CT molecular complexity index is 796. The number of rotatable bonds is 8. The zero-order valence-electron chi connectivity index (χ0n) is 16.2. The molecule has 0 fully saturated rings. The number of aryl methyl sites for hydroxylation is 2. The fraction of sp³-hybridized carbons (Fsp3) is 0.333. The van der Waals surface area contributed by atoms with E-state index >= 15 is 0 Å². The predicted molar refractivity (Wildman–Crippen MR) is 106 cm³/mol. The Kier molecular flexibility index (Phi) is 7.23. The number of anilines is 1. The van der Waals surface area contributed by atoms with Gasteiger partial charge in [-0.05, 0) is 36.6 Å². The van der Waals surface area contributed by atoms with Crippen LogP contribution in [0.2, 0.25) is 0 Å². The van der Waals surface area contributed by atoms with Crippen LogP contribution in [0.1, 0.15) is 34.8 Å². The number of hydrogen-bond acceptors (Lipinski definition) is 4. The Hall–Kier alpha value is -3.02. The lowest BCUT2D eigenvalue weighted by molar-refractivity contribution is -0.116. The van der Waals surface area contributed by atoms with E-state index in [2.05, 4.69) is 10.6 Å². The van der Waals surface area contributed by atoms with Crippen molar-refractivity contribution >= 4 is 17.5 Å². The number of nitrogens with one attached hydrogen (secondary N) is 2. The summed E-state index contributed by atoms with van der Waals surface area (Å²) in [6.45, 7) is 4.25. The number of para-hydroxylation sites is 1. The van der Waals surface area contributed by atoms with Crippen molar-refractivity contribution in [3.05, 3.63) is 53.1 Å². The maximum absolute atomic E-state index is 12.3. The first kappa shape index (κ1) is 20.3. The Morgan fingerprint density at radius 3 is 2.30 bits per heavy atom. The van der Waals surface area contributed by atoms with Crippen molar-refractivity contribution in [3.8, 4) is 11.5 Å². The fourth-order valence-electron chi connectivity index (χ4n) is 2.73.